The molecule has 1 saturated heterocycles. The minimum Gasteiger partial charge on any atom is -0.351 e. The Morgan fingerprint density at radius 3 is 2.69 bits per heavy atom. The number of carbonyl (C=O) groups is 2. The molecule has 26 heavy (non-hydrogen) atoms. The third-order valence-corrected chi connectivity index (χ3v) is 4.80. The zero-order valence-electron chi connectivity index (χ0n) is 13.4. The van der Waals surface area contributed by atoms with E-state index in [1.165, 1.54) is 35.2 Å². The molecule has 136 valence electrons. The van der Waals surface area contributed by atoms with E-state index in [0.29, 0.717) is 18.7 Å². The van der Waals surface area contributed by atoms with Crippen LogP contribution < -0.4 is 10.2 Å². The van der Waals surface area contributed by atoms with E-state index in [1.54, 1.807) is 6.07 Å². The van der Waals surface area contributed by atoms with Crippen LogP contribution in [0.4, 0.5) is 14.5 Å². The first-order valence-electron chi connectivity index (χ1n) is 7.85. The average molecular weight is 399 g/mol. The molecule has 2 aromatic rings. The van der Waals surface area contributed by atoms with Crippen molar-refractivity contribution < 1.29 is 18.4 Å². The molecule has 2 amide bonds. The highest BCUT2D eigenvalue weighted by atomic mass is 35.5. The monoisotopic (exact) mass is 398 g/mol. The summed E-state index contributed by atoms with van der Waals surface area (Å²) in [7, 11) is 0. The molecule has 0 spiro atoms. The fourth-order valence-corrected chi connectivity index (χ4v) is 3.19. The molecule has 1 N–H and O–H groups in total. The molecule has 1 unspecified atom stereocenters. The number of benzene rings is 2. The molecule has 0 radical (unpaired) electrons. The van der Waals surface area contributed by atoms with E-state index in [0.717, 1.165) is 0 Å². The van der Waals surface area contributed by atoms with Crippen molar-refractivity contribution in [2.45, 2.75) is 13.0 Å². The molecule has 1 atom stereocenters. The van der Waals surface area contributed by atoms with Gasteiger partial charge in [-0.25, -0.2) is 8.78 Å². The first-order chi connectivity index (χ1) is 12.4. The zero-order valence-corrected chi connectivity index (χ0v) is 15.0. The summed E-state index contributed by atoms with van der Waals surface area (Å²) in [5, 5.41) is 2.43. The number of nitrogens with zero attached hydrogens (tertiary/aromatic N) is 1. The smallest absolute Gasteiger partial charge is 0.239 e. The maximum absolute atomic E-state index is 13.9. The molecule has 8 heteroatoms. The summed E-state index contributed by atoms with van der Waals surface area (Å²) < 4.78 is 27.1. The molecular formula is C18H14Cl2F2N2O2. The Balaban J connectivity index is 1.66. The van der Waals surface area contributed by atoms with Crippen LogP contribution in [0.3, 0.4) is 0 Å². The summed E-state index contributed by atoms with van der Waals surface area (Å²) in [5.74, 6) is -2.97. The number of hydrogen-bond donors (Lipinski definition) is 1. The molecule has 1 heterocycles. The van der Waals surface area contributed by atoms with Crippen molar-refractivity contribution >= 4 is 40.7 Å². The highest BCUT2D eigenvalue weighted by Crippen LogP contribution is 2.29. The minimum atomic E-state index is -0.888. The second kappa shape index (κ2) is 7.60. The number of carbonyl (C=O) groups excluding carboxylic acids is 2. The van der Waals surface area contributed by atoms with E-state index >= 15 is 0 Å². The maximum Gasteiger partial charge on any atom is 0.239 e. The van der Waals surface area contributed by atoms with E-state index in [-0.39, 0.29) is 22.2 Å². The van der Waals surface area contributed by atoms with Gasteiger partial charge in [-0.05, 0) is 30.7 Å². The molecule has 0 aromatic heterocycles. The van der Waals surface area contributed by atoms with Gasteiger partial charge < -0.3 is 10.2 Å². The van der Waals surface area contributed by atoms with Crippen molar-refractivity contribution in [2.24, 2.45) is 5.92 Å². The van der Waals surface area contributed by atoms with Gasteiger partial charge in [0.25, 0.3) is 0 Å². The van der Waals surface area contributed by atoms with Crippen LogP contribution in [0.5, 0.6) is 0 Å². The van der Waals surface area contributed by atoms with Crippen LogP contribution in [0.2, 0.25) is 10.0 Å². The van der Waals surface area contributed by atoms with Gasteiger partial charge in [0.1, 0.15) is 17.6 Å². The van der Waals surface area contributed by atoms with E-state index in [2.05, 4.69) is 5.32 Å². The fraction of sp³-hybridized carbons (Fsp3) is 0.222. The van der Waals surface area contributed by atoms with E-state index < -0.39 is 29.4 Å². The lowest BCUT2D eigenvalue weighted by molar-refractivity contribution is -0.132. The molecule has 3 rings (SSSR count). The molecule has 2 aromatic carbocycles. The van der Waals surface area contributed by atoms with Gasteiger partial charge in [-0.15, -0.1) is 0 Å². The van der Waals surface area contributed by atoms with Crippen LogP contribution in [-0.4, -0.2) is 18.4 Å². The van der Waals surface area contributed by atoms with Crippen molar-refractivity contribution in [3.63, 3.8) is 0 Å². The van der Waals surface area contributed by atoms with Gasteiger partial charge >= 0.3 is 0 Å². The van der Waals surface area contributed by atoms with Gasteiger partial charge in [-0.2, -0.15) is 0 Å². The predicted molar refractivity (Wildman–Crippen MR) is 95.1 cm³/mol. The highest BCUT2D eigenvalue weighted by Gasteiger charge is 2.37. The van der Waals surface area contributed by atoms with Gasteiger partial charge in [-0.1, -0.05) is 35.3 Å². The van der Waals surface area contributed by atoms with E-state index in [1.807, 2.05) is 0 Å². The van der Waals surface area contributed by atoms with Crippen LogP contribution in [0, 0.1) is 17.6 Å². The maximum atomic E-state index is 13.9. The van der Waals surface area contributed by atoms with Crippen LogP contribution in [0.25, 0.3) is 0 Å². The summed E-state index contributed by atoms with van der Waals surface area (Å²) >= 11 is 11.4. The molecule has 1 aliphatic rings. The van der Waals surface area contributed by atoms with Crippen LogP contribution in [0.1, 0.15) is 12.0 Å². The molecular weight excluding hydrogens is 385 g/mol. The lowest BCUT2D eigenvalue weighted by Crippen LogP contribution is -2.36. The van der Waals surface area contributed by atoms with Gasteiger partial charge in [0.05, 0.1) is 10.0 Å². The SMILES string of the molecule is O=C(NCc1cccc(Cl)c1F)C1CCN(c2ccc(F)c(Cl)c2)C1=O. The predicted octanol–water partition coefficient (Wildman–Crippen LogP) is 3.94. The lowest BCUT2D eigenvalue weighted by Gasteiger charge is -2.17. The number of halogens is 4. The van der Waals surface area contributed by atoms with Gasteiger partial charge in [0, 0.05) is 24.3 Å². The summed E-state index contributed by atoms with van der Waals surface area (Å²) in [4.78, 5) is 26.2. The largest absolute Gasteiger partial charge is 0.351 e. The summed E-state index contributed by atoms with van der Waals surface area (Å²) in [6, 6.07) is 8.43. The third kappa shape index (κ3) is 3.66. The van der Waals surface area contributed by atoms with Crippen molar-refractivity contribution in [3.05, 3.63) is 63.6 Å². The number of hydrogen-bond acceptors (Lipinski definition) is 2. The average Bonchev–Trinajstić information content (AvgIpc) is 3.00. The van der Waals surface area contributed by atoms with Crippen molar-refractivity contribution in [1.29, 1.82) is 0 Å². The van der Waals surface area contributed by atoms with Crippen LogP contribution in [-0.2, 0) is 16.1 Å². The zero-order chi connectivity index (χ0) is 18.8. The van der Waals surface area contributed by atoms with Crippen molar-refractivity contribution in [2.75, 3.05) is 11.4 Å². The standard InChI is InChI=1S/C18H14Cl2F2N2O2/c19-13-3-1-2-10(16(13)22)9-23-17(25)12-6-7-24(18(12)26)11-4-5-15(21)14(20)8-11/h1-5,8,12H,6-7,9H2,(H,23,25). The number of anilines is 1. The Morgan fingerprint density at radius 2 is 1.96 bits per heavy atom. The molecule has 0 saturated carbocycles. The summed E-state index contributed by atoms with van der Waals surface area (Å²) in [6.07, 6.45) is 0.303. The quantitative estimate of drug-likeness (QED) is 0.792. The van der Waals surface area contributed by atoms with Crippen molar-refractivity contribution in [3.8, 4) is 0 Å². The Hall–Kier alpha value is -2.18. The van der Waals surface area contributed by atoms with E-state index in [4.69, 9.17) is 23.2 Å². The summed E-state index contributed by atoms with van der Waals surface area (Å²) in [6.45, 7) is 0.238. The Morgan fingerprint density at radius 1 is 1.19 bits per heavy atom. The van der Waals surface area contributed by atoms with Crippen molar-refractivity contribution in [1.82, 2.24) is 5.32 Å². The first-order valence-corrected chi connectivity index (χ1v) is 8.61. The van der Waals surface area contributed by atoms with Crippen LogP contribution in [0.15, 0.2) is 36.4 Å². The fourth-order valence-electron chi connectivity index (χ4n) is 2.82. The third-order valence-electron chi connectivity index (χ3n) is 4.22. The second-order valence-electron chi connectivity index (χ2n) is 5.86. The van der Waals surface area contributed by atoms with Gasteiger partial charge in [0.15, 0.2) is 0 Å². The lowest BCUT2D eigenvalue weighted by atomic mass is 10.1. The molecule has 1 fully saturated rings. The normalized spacial score (nSPS) is 16.8. The van der Waals surface area contributed by atoms with Gasteiger partial charge in [0.2, 0.25) is 11.8 Å². The Bertz CT molecular complexity index is 876. The van der Waals surface area contributed by atoms with E-state index in [9.17, 15) is 18.4 Å². The van der Waals surface area contributed by atoms with Gasteiger partial charge in [-0.3, -0.25) is 9.59 Å². The molecule has 4 nitrogen and oxygen atoms in total. The topological polar surface area (TPSA) is 49.4 Å². The molecule has 0 aliphatic carbocycles. The summed E-state index contributed by atoms with van der Waals surface area (Å²) in [5.41, 5.74) is 0.663. The molecule has 1 aliphatic heterocycles. The first kappa shape index (κ1) is 18.6. The number of nitrogens with one attached hydrogen (secondary N) is 1. The molecule has 0 bridgehead atoms. The minimum absolute atomic E-state index is 0.0342. The second-order valence-corrected chi connectivity index (χ2v) is 6.67. The Labute approximate surface area is 158 Å². The number of amides is 2. The Kier molecular flexibility index (Phi) is 5.44. The number of rotatable bonds is 4. The highest BCUT2D eigenvalue weighted by molar-refractivity contribution is 6.31. The van der Waals surface area contributed by atoms with Crippen LogP contribution >= 0.6 is 23.2 Å².